The number of nitrogens with zero attached hydrogens (tertiary/aromatic N) is 1. The molecule has 1 aromatic carbocycles. The first kappa shape index (κ1) is 17.8. The van der Waals surface area contributed by atoms with Gasteiger partial charge >= 0.3 is 5.97 Å². The Kier molecular flexibility index (Phi) is 5.64. The number of aliphatic carboxylic acids is 1. The number of rotatable bonds is 6. The molecule has 0 aliphatic rings. The van der Waals surface area contributed by atoms with Crippen LogP contribution in [0.1, 0.15) is 20.8 Å². The molecule has 5 nitrogen and oxygen atoms in total. The highest BCUT2D eigenvalue weighted by Crippen LogP contribution is 2.20. The van der Waals surface area contributed by atoms with Gasteiger partial charge in [-0.25, -0.2) is 8.42 Å². The van der Waals surface area contributed by atoms with Crippen LogP contribution in [0.4, 0.5) is 5.69 Å². The van der Waals surface area contributed by atoms with Crippen LogP contribution in [0.15, 0.2) is 24.3 Å². The number of carboxylic acid groups (broad SMARTS) is 1. The zero-order chi connectivity index (χ0) is 16.3. The smallest absolute Gasteiger partial charge is 0.323 e. The van der Waals surface area contributed by atoms with Crippen molar-refractivity contribution >= 4 is 33.1 Å². The number of anilines is 1. The summed E-state index contributed by atoms with van der Waals surface area (Å²) in [6.45, 7) is 4.75. The number of hydrogen-bond donors (Lipinski definition) is 1. The van der Waals surface area contributed by atoms with E-state index in [0.717, 1.165) is 0 Å². The summed E-state index contributed by atoms with van der Waals surface area (Å²) in [6.07, 6.45) is 0. The Morgan fingerprint density at radius 2 is 1.76 bits per heavy atom. The average Bonchev–Trinajstić information content (AvgIpc) is 2.34. The second kappa shape index (κ2) is 6.66. The highest BCUT2D eigenvalue weighted by Gasteiger charge is 2.29. The number of sulfone groups is 1. The zero-order valence-corrected chi connectivity index (χ0v) is 13.9. The maximum absolute atomic E-state index is 12.1. The van der Waals surface area contributed by atoms with Gasteiger partial charge in [-0.3, -0.25) is 4.79 Å². The SMILES string of the molecule is CC(C)(C)S(=O)(=O)CCN(CC(=O)O)c1ccc(Cl)cc1. The summed E-state index contributed by atoms with van der Waals surface area (Å²) in [5.41, 5.74) is 0.630. The third-order valence-electron chi connectivity index (χ3n) is 3.08. The lowest BCUT2D eigenvalue weighted by Crippen LogP contribution is -2.38. The van der Waals surface area contributed by atoms with Crippen molar-refractivity contribution in [2.45, 2.75) is 25.5 Å². The fourth-order valence-corrected chi connectivity index (χ4v) is 2.85. The number of carboxylic acids is 1. The van der Waals surface area contributed by atoms with Gasteiger partial charge in [0.1, 0.15) is 6.54 Å². The summed E-state index contributed by atoms with van der Waals surface area (Å²) < 4.78 is 23.4. The average molecular weight is 334 g/mol. The first-order valence-electron chi connectivity index (χ1n) is 6.47. The van der Waals surface area contributed by atoms with Gasteiger partial charge in [0.15, 0.2) is 9.84 Å². The molecule has 0 heterocycles. The van der Waals surface area contributed by atoms with Gasteiger partial charge in [0.2, 0.25) is 0 Å². The summed E-state index contributed by atoms with van der Waals surface area (Å²) in [7, 11) is -3.31. The van der Waals surface area contributed by atoms with E-state index in [4.69, 9.17) is 16.7 Å². The van der Waals surface area contributed by atoms with Crippen LogP contribution in [0.2, 0.25) is 5.02 Å². The third-order valence-corrected chi connectivity index (χ3v) is 5.92. The normalized spacial score (nSPS) is 12.2. The van der Waals surface area contributed by atoms with Gasteiger partial charge in [-0.05, 0) is 45.0 Å². The molecule has 0 spiro atoms. The Bertz CT molecular complexity index is 590. The number of hydrogen-bond acceptors (Lipinski definition) is 4. The lowest BCUT2D eigenvalue weighted by Gasteiger charge is -2.25. The molecular formula is C14H20ClNO4S. The van der Waals surface area contributed by atoms with Gasteiger partial charge in [-0.15, -0.1) is 0 Å². The van der Waals surface area contributed by atoms with E-state index < -0.39 is 20.6 Å². The van der Waals surface area contributed by atoms with Gasteiger partial charge in [0.25, 0.3) is 0 Å². The fourth-order valence-electron chi connectivity index (χ4n) is 1.65. The molecule has 1 aromatic rings. The van der Waals surface area contributed by atoms with Gasteiger partial charge < -0.3 is 10.0 Å². The Labute approximate surface area is 130 Å². The molecule has 0 aliphatic heterocycles. The molecule has 0 saturated heterocycles. The van der Waals surface area contributed by atoms with Crippen molar-refractivity contribution in [3.8, 4) is 0 Å². The molecule has 0 unspecified atom stereocenters. The molecule has 21 heavy (non-hydrogen) atoms. The highest BCUT2D eigenvalue weighted by atomic mass is 35.5. The molecule has 1 N–H and O–H groups in total. The summed E-state index contributed by atoms with van der Waals surface area (Å²) in [5, 5.41) is 9.51. The maximum Gasteiger partial charge on any atom is 0.323 e. The number of benzene rings is 1. The molecule has 0 amide bonds. The van der Waals surface area contributed by atoms with Crippen LogP contribution in [0.3, 0.4) is 0 Å². The number of carbonyl (C=O) groups is 1. The molecular weight excluding hydrogens is 314 g/mol. The summed E-state index contributed by atoms with van der Waals surface area (Å²) >= 11 is 5.80. The first-order valence-corrected chi connectivity index (χ1v) is 8.50. The van der Waals surface area contributed by atoms with Crippen molar-refractivity contribution in [1.82, 2.24) is 0 Å². The fraction of sp³-hybridized carbons (Fsp3) is 0.500. The van der Waals surface area contributed by atoms with Crippen molar-refractivity contribution in [2.24, 2.45) is 0 Å². The van der Waals surface area contributed by atoms with Crippen molar-refractivity contribution in [3.05, 3.63) is 29.3 Å². The predicted octanol–water partition coefficient (Wildman–Crippen LogP) is 2.44. The Morgan fingerprint density at radius 1 is 1.24 bits per heavy atom. The van der Waals surface area contributed by atoms with E-state index in [-0.39, 0.29) is 18.8 Å². The summed E-state index contributed by atoms with van der Waals surface area (Å²) in [5.74, 6) is -1.12. The van der Waals surface area contributed by atoms with Crippen LogP contribution >= 0.6 is 11.6 Å². The van der Waals surface area contributed by atoms with E-state index >= 15 is 0 Å². The molecule has 1 rings (SSSR count). The van der Waals surface area contributed by atoms with E-state index in [1.165, 1.54) is 4.90 Å². The predicted molar refractivity (Wildman–Crippen MR) is 84.8 cm³/mol. The van der Waals surface area contributed by atoms with Crippen LogP contribution in [0.25, 0.3) is 0 Å². The lowest BCUT2D eigenvalue weighted by atomic mass is 10.3. The zero-order valence-electron chi connectivity index (χ0n) is 12.3. The molecule has 0 atom stereocenters. The third kappa shape index (κ3) is 5.21. The van der Waals surface area contributed by atoms with Crippen LogP contribution in [0, 0.1) is 0 Å². The minimum absolute atomic E-state index is 0.105. The lowest BCUT2D eigenvalue weighted by molar-refractivity contribution is -0.135. The monoisotopic (exact) mass is 333 g/mol. The van der Waals surface area contributed by atoms with Crippen molar-refractivity contribution in [1.29, 1.82) is 0 Å². The van der Waals surface area contributed by atoms with Crippen LogP contribution in [-0.4, -0.2) is 43.1 Å². The van der Waals surface area contributed by atoms with Crippen molar-refractivity contribution in [3.63, 3.8) is 0 Å². The molecule has 0 aromatic heterocycles. The van der Waals surface area contributed by atoms with Gasteiger partial charge in [-0.2, -0.15) is 0 Å². The Hall–Kier alpha value is -1.27. The largest absolute Gasteiger partial charge is 0.480 e. The minimum atomic E-state index is -3.31. The van der Waals surface area contributed by atoms with E-state index in [1.807, 2.05) is 0 Å². The van der Waals surface area contributed by atoms with E-state index in [9.17, 15) is 13.2 Å². The standard InChI is InChI=1S/C14H20ClNO4S/c1-14(2,3)21(19,20)9-8-16(10-13(17)18)12-6-4-11(15)5-7-12/h4-7H,8-10H2,1-3H3,(H,17,18). The van der Waals surface area contributed by atoms with Crippen LogP contribution in [-0.2, 0) is 14.6 Å². The molecule has 118 valence electrons. The van der Waals surface area contributed by atoms with Crippen molar-refractivity contribution < 1.29 is 18.3 Å². The van der Waals surface area contributed by atoms with E-state index in [0.29, 0.717) is 10.7 Å². The second-order valence-electron chi connectivity index (χ2n) is 5.72. The summed E-state index contributed by atoms with van der Waals surface area (Å²) in [6, 6.07) is 6.64. The van der Waals surface area contributed by atoms with Gasteiger partial charge in [0.05, 0.1) is 10.5 Å². The Morgan fingerprint density at radius 3 is 2.19 bits per heavy atom. The molecule has 7 heteroatoms. The second-order valence-corrected chi connectivity index (χ2v) is 9.02. The van der Waals surface area contributed by atoms with Gasteiger partial charge in [-0.1, -0.05) is 11.6 Å². The van der Waals surface area contributed by atoms with Crippen LogP contribution in [0.5, 0.6) is 0 Å². The molecule has 0 saturated carbocycles. The molecule has 0 radical (unpaired) electrons. The van der Waals surface area contributed by atoms with E-state index in [1.54, 1.807) is 45.0 Å². The molecule has 0 bridgehead atoms. The van der Waals surface area contributed by atoms with E-state index in [2.05, 4.69) is 0 Å². The highest BCUT2D eigenvalue weighted by molar-refractivity contribution is 7.92. The van der Waals surface area contributed by atoms with Crippen molar-refractivity contribution in [2.75, 3.05) is 23.7 Å². The summed E-state index contributed by atoms with van der Waals surface area (Å²) in [4.78, 5) is 12.5. The first-order chi connectivity index (χ1) is 9.53. The minimum Gasteiger partial charge on any atom is -0.480 e. The molecule has 0 aliphatic carbocycles. The van der Waals surface area contributed by atoms with Crippen LogP contribution < -0.4 is 4.90 Å². The maximum atomic E-state index is 12.1. The topological polar surface area (TPSA) is 74.7 Å². The Balaban J connectivity index is 2.90. The quantitative estimate of drug-likeness (QED) is 0.865. The van der Waals surface area contributed by atoms with Gasteiger partial charge in [0, 0.05) is 17.3 Å². The number of halogens is 1. The molecule has 0 fully saturated rings.